The van der Waals surface area contributed by atoms with E-state index in [0.717, 1.165) is 10.4 Å². The molecule has 4 nitrogen and oxygen atoms in total. The molecule has 3 rings (SSSR count). The molecule has 0 aliphatic rings. The van der Waals surface area contributed by atoms with Gasteiger partial charge in [-0.25, -0.2) is 0 Å². The molecule has 1 atom stereocenters. The summed E-state index contributed by atoms with van der Waals surface area (Å²) in [6, 6.07) is 17.4. The molecule has 0 spiro atoms. The summed E-state index contributed by atoms with van der Waals surface area (Å²) in [4.78, 5) is 13.5. The van der Waals surface area contributed by atoms with Gasteiger partial charge in [-0.3, -0.25) is 4.79 Å². The predicted octanol–water partition coefficient (Wildman–Crippen LogP) is 3.72. The Bertz CT molecular complexity index is 798. The Labute approximate surface area is 145 Å². The van der Waals surface area contributed by atoms with E-state index in [0.29, 0.717) is 18.5 Å². The zero-order valence-corrected chi connectivity index (χ0v) is 13.9. The summed E-state index contributed by atoms with van der Waals surface area (Å²) >= 11 is 1.65. The van der Waals surface area contributed by atoms with E-state index in [4.69, 9.17) is 5.26 Å². The van der Waals surface area contributed by atoms with Gasteiger partial charge in [0.25, 0.3) is 0 Å². The summed E-state index contributed by atoms with van der Waals surface area (Å²) in [5, 5.41) is 13.9. The highest BCUT2D eigenvalue weighted by Gasteiger charge is 2.18. The summed E-state index contributed by atoms with van der Waals surface area (Å²) in [5.41, 5.74) is 1.53. The summed E-state index contributed by atoms with van der Waals surface area (Å²) in [7, 11) is 0. The molecular formula is C19H17N3OS. The number of thiophene rings is 1. The van der Waals surface area contributed by atoms with Crippen LogP contribution in [0.4, 0.5) is 0 Å². The number of nitriles is 1. The van der Waals surface area contributed by atoms with Gasteiger partial charge in [-0.2, -0.15) is 5.26 Å². The van der Waals surface area contributed by atoms with Crippen molar-refractivity contribution in [2.75, 3.05) is 0 Å². The van der Waals surface area contributed by atoms with Crippen LogP contribution >= 0.6 is 11.3 Å². The van der Waals surface area contributed by atoms with Gasteiger partial charge in [0.1, 0.15) is 0 Å². The third-order valence-electron chi connectivity index (χ3n) is 3.78. The second-order valence-electron chi connectivity index (χ2n) is 5.45. The first kappa shape index (κ1) is 16.0. The van der Waals surface area contributed by atoms with Crippen molar-refractivity contribution in [1.29, 1.82) is 5.26 Å². The number of carbonyl (C=O) groups is 1. The maximum atomic E-state index is 12.4. The first-order chi connectivity index (χ1) is 11.8. The van der Waals surface area contributed by atoms with Gasteiger partial charge in [0.05, 0.1) is 24.1 Å². The third kappa shape index (κ3) is 3.92. The molecule has 0 aliphatic heterocycles. The Morgan fingerprint density at radius 1 is 1.21 bits per heavy atom. The molecule has 0 unspecified atom stereocenters. The number of amides is 1. The first-order valence-corrected chi connectivity index (χ1v) is 8.56. The van der Waals surface area contributed by atoms with E-state index in [2.05, 4.69) is 22.0 Å². The largest absolute Gasteiger partial charge is 0.352 e. The van der Waals surface area contributed by atoms with Gasteiger partial charge >= 0.3 is 0 Å². The van der Waals surface area contributed by atoms with Crippen LogP contribution in [0, 0.1) is 11.3 Å². The average Bonchev–Trinajstić information content (AvgIpc) is 3.31. The molecule has 24 heavy (non-hydrogen) atoms. The summed E-state index contributed by atoms with van der Waals surface area (Å²) in [6.07, 6.45) is 4.34. The van der Waals surface area contributed by atoms with E-state index in [9.17, 15) is 4.79 Å². The molecule has 0 radical (unpaired) electrons. The molecule has 0 bridgehead atoms. The minimum Gasteiger partial charge on any atom is -0.352 e. The van der Waals surface area contributed by atoms with Crippen LogP contribution in [0.1, 0.15) is 28.5 Å². The quantitative estimate of drug-likeness (QED) is 0.746. The van der Waals surface area contributed by atoms with Crippen LogP contribution in [-0.2, 0) is 11.3 Å². The van der Waals surface area contributed by atoms with E-state index < -0.39 is 0 Å². The smallest absolute Gasteiger partial charge is 0.222 e. The maximum Gasteiger partial charge on any atom is 0.222 e. The van der Waals surface area contributed by atoms with Crippen LogP contribution in [-0.4, -0.2) is 10.5 Å². The number of hydrogen-bond donors (Lipinski definition) is 1. The third-order valence-corrected chi connectivity index (χ3v) is 4.76. The molecule has 3 aromatic rings. The topological polar surface area (TPSA) is 57.8 Å². The highest BCUT2D eigenvalue weighted by Crippen LogP contribution is 2.26. The van der Waals surface area contributed by atoms with Crippen molar-refractivity contribution < 1.29 is 4.79 Å². The Kier molecular flexibility index (Phi) is 5.09. The number of carbonyl (C=O) groups excluding carboxylic acids is 1. The maximum absolute atomic E-state index is 12.4. The predicted molar refractivity (Wildman–Crippen MR) is 94.5 cm³/mol. The summed E-state index contributed by atoms with van der Waals surface area (Å²) < 4.78 is 2.06. The van der Waals surface area contributed by atoms with Crippen molar-refractivity contribution in [2.45, 2.75) is 19.0 Å². The van der Waals surface area contributed by atoms with Gasteiger partial charge < -0.3 is 9.88 Å². The molecule has 2 aromatic heterocycles. The molecule has 120 valence electrons. The minimum absolute atomic E-state index is 0.00504. The summed E-state index contributed by atoms with van der Waals surface area (Å²) in [6.45, 7) is 0.428. The number of rotatable bonds is 6. The van der Waals surface area contributed by atoms with Crippen molar-refractivity contribution in [3.05, 3.63) is 82.3 Å². The molecule has 0 saturated carbocycles. The van der Waals surface area contributed by atoms with Crippen LogP contribution in [0.3, 0.4) is 0 Å². The van der Waals surface area contributed by atoms with Crippen LogP contribution < -0.4 is 5.32 Å². The lowest BCUT2D eigenvalue weighted by Gasteiger charge is -2.17. The monoisotopic (exact) mass is 335 g/mol. The van der Waals surface area contributed by atoms with Gasteiger partial charge in [-0.1, -0.05) is 18.2 Å². The lowest BCUT2D eigenvalue weighted by molar-refractivity contribution is -0.121. The van der Waals surface area contributed by atoms with Crippen LogP contribution in [0.2, 0.25) is 0 Å². The fraction of sp³-hybridized carbons (Fsp3) is 0.158. The van der Waals surface area contributed by atoms with Crippen LogP contribution in [0.25, 0.3) is 0 Å². The summed E-state index contributed by atoms with van der Waals surface area (Å²) in [5.74, 6) is -0.00976. The Balaban J connectivity index is 1.65. The highest BCUT2D eigenvalue weighted by molar-refractivity contribution is 7.10. The normalized spacial score (nSPS) is 11.6. The van der Waals surface area contributed by atoms with Gasteiger partial charge in [-0.05, 0) is 41.3 Å². The molecule has 1 N–H and O–H groups in total. The average molecular weight is 335 g/mol. The molecule has 0 saturated heterocycles. The van der Waals surface area contributed by atoms with Crippen molar-refractivity contribution in [3.63, 3.8) is 0 Å². The zero-order chi connectivity index (χ0) is 16.8. The molecule has 1 aromatic carbocycles. The lowest BCUT2D eigenvalue weighted by Crippen LogP contribution is -2.26. The highest BCUT2D eigenvalue weighted by atomic mass is 32.1. The van der Waals surface area contributed by atoms with E-state index in [-0.39, 0.29) is 11.9 Å². The zero-order valence-electron chi connectivity index (χ0n) is 13.1. The number of nitrogens with one attached hydrogen (secondary N) is 1. The molecule has 1 amide bonds. The molecule has 0 aliphatic carbocycles. The molecular weight excluding hydrogens is 318 g/mol. The fourth-order valence-corrected chi connectivity index (χ4v) is 3.42. The number of hydrogen-bond acceptors (Lipinski definition) is 3. The van der Waals surface area contributed by atoms with E-state index >= 15 is 0 Å². The van der Waals surface area contributed by atoms with Gasteiger partial charge in [0.2, 0.25) is 5.91 Å². The van der Waals surface area contributed by atoms with Crippen molar-refractivity contribution >= 4 is 17.2 Å². The Morgan fingerprint density at radius 2 is 2.04 bits per heavy atom. The number of benzene rings is 1. The number of nitrogens with zero attached hydrogens (tertiary/aromatic N) is 2. The second-order valence-corrected chi connectivity index (χ2v) is 6.43. The van der Waals surface area contributed by atoms with E-state index in [1.54, 1.807) is 23.5 Å². The Hall–Kier alpha value is -2.84. The van der Waals surface area contributed by atoms with Gasteiger partial charge in [0, 0.05) is 23.8 Å². The van der Waals surface area contributed by atoms with Gasteiger partial charge in [0.15, 0.2) is 0 Å². The molecule has 0 fully saturated rings. The van der Waals surface area contributed by atoms with Crippen LogP contribution in [0.5, 0.6) is 0 Å². The SMILES string of the molecule is N#Cc1cccc(CNC(=O)C[C@H](c2cccs2)n2cccc2)c1. The van der Waals surface area contributed by atoms with E-state index in [1.807, 2.05) is 48.1 Å². The standard InChI is InChI=1S/C19H17N3OS/c20-13-15-5-3-6-16(11-15)14-21-19(23)12-17(18-7-4-10-24-18)22-8-1-2-9-22/h1-11,17H,12,14H2,(H,21,23)/t17-/m1/s1. The van der Waals surface area contributed by atoms with Crippen molar-refractivity contribution in [1.82, 2.24) is 9.88 Å². The minimum atomic E-state index is -0.00976. The molecule has 2 heterocycles. The van der Waals surface area contributed by atoms with Gasteiger partial charge in [-0.15, -0.1) is 11.3 Å². The lowest BCUT2D eigenvalue weighted by atomic mass is 10.1. The van der Waals surface area contributed by atoms with Crippen molar-refractivity contribution in [3.8, 4) is 6.07 Å². The fourth-order valence-electron chi connectivity index (χ4n) is 2.59. The van der Waals surface area contributed by atoms with E-state index in [1.165, 1.54) is 0 Å². The number of aromatic nitrogens is 1. The first-order valence-electron chi connectivity index (χ1n) is 7.68. The van der Waals surface area contributed by atoms with Crippen molar-refractivity contribution in [2.24, 2.45) is 0 Å². The second kappa shape index (κ2) is 7.62. The van der Waals surface area contributed by atoms with Crippen LogP contribution in [0.15, 0.2) is 66.3 Å². The molecule has 5 heteroatoms. The Morgan fingerprint density at radius 3 is 2.75 bits per heavy atom.